The Morgan fingerprint density at radius 3 is 3.00 bits per heavy atom. The lowest BCUT2D eigenvalue weighted by atomic mass is 10.3. The number of halogens is 1. The summed E-state index contributed by atoms with van der Waals surface area (Å²) in [7, 11) is 0. The number of H-pyrrole nitrogens is 1. The van der Waals surface area contributed by atoms with E-state index in [9.17, 15) is 0 Å². The number of hydrogen-bond donors (Lipinski definition) is 1. The normalized spacial score (nSPS) is 8.89. The molecule has 0 radical (unpaired) electrons. The van der Waals surface area contributed by atoms with Gasteiger partial charge in [-0.1, -0.05) is 11.6 Å². The van der Waals surface area contributed by atoms with Crippen LogP contribution in [-0.2, 0) is 6.42 Å². The summed E-state index contributed by atoms with van der Waals surface area (Å²) in [4.78, 5) is 2.77. The molecular formula is C6H5ClN2. The van der Waals surface area contributed by atoms with Gasteiger partial charge in [-0.2, -0.15) is 5.26 Å². The van der Waals surface area contributed by atoms with Gasteiger partial charge in [0.25, 0.3) is 0 Å². The number of rotatable bonds is 1. The van der Waals surface area contributed by atoms with Crippen LogP contribution in [0.3, 0.4) is 0 Å². The lowest BCUT2D eigenvalue weighted by Gasteiger charge is -1.76. The van der Waals surface area contributed by atoms with Crippen molar-refractivity contribution in [2.75, 3.05) is 0 Å². The van der Waals surface area contributed by atoms with E-state index < -0.39 is 0 Å². The molecule has 0 atom stereocenters. The van der Waals surface area contributed by atoms with E-state index in [0.717, 1.165) is 5.56 Å². The third-order valence-corrected chi connectivity index (χ3v) is 1.21. The van der Waals surface area contributed by atoms with Gasteiger partial charge in [0, 0.05) is 6.20 Å². The van der Waals surface area contributed by atoms with Crippen molar-refractivity contribution in [3.8, 4) is 6.07 Å². The largest absolute Gasteiger partial charge is 0.352 e. The summed E-state index contributed by atoms with van der Waals surface area (Å²) in [5.74, 6) is 0. The fourth-order valence-electron chi connectivity index (χ4n) is 0.601. The van der Waals surface area contributed by atoms with Crippen LogP contribution in [-0.4, -0.2) is 4.98 Å². The Bertz CT molecular complexity index is 233. The predicted molar refractivity (Wildman–Crippen MR) is 35.1 cm³/mol. The number of nitrogens with zero attached hydrogens (tertiary/aromatic N) is 1. The fourth-order valence-corrected chi connectivity index (χ4v) is 0.796. The van der Waals surface area contributed by atoms with E-state index in [1.165, 1.54) is 0 Å². The average molecular weight is 141 g/mol. The standard InChI is InChI=1S/C6H5ClN2/c7-6-3-5(1-2-8)4-9-6/h3-4,9H,1H2. The molecule has 0 aliphatic heterocycles. The van der Waals surface area contributed by atoms with Gasteiger partial charge in [0.2, 0.25) is 0 Å². The van der Waals surface area contributed by atoms with Gasteiger partial charge in [-0.25, -0.2) is 0 Å². The van der Waals surface area contributed by atoms with Crippen molar-refractivity contribution in [3.05, 3.63) is 23.0 Å². The molecule has 0 aromatic carbocycles. The molecule has 1 rings (SSSR count). The van der Waals surface area contributed by atoms with E-state index in [4.69, 9.17) is 16.9 Å². The zero-order valence-corrected chi connectivity index (χ0v) is 5.44. The van der Waals surface area contributed by atoms with E-state index in [-0.39, 0.29) is 0 Å². The monoisotopic (exact) mass is 140 g/mol. The van der Waals surface area contributed by atoms with Crippen molar-refractivity contribution < 1.29 is 0 Å². The first-order chi connectivity index (χ1) is 4.33. The van der Waals surface area contributed by atoms with Gasteiger partial charge in [-0.05, 0) is 11.6 Å². The van der Waals surface area contributed by atoms with Crippen LogP contribution in [0.15, 0.2) is 12.3 Å². The SMILES string of the molecule is N#CCc1c[nH]c(Cl)c1. The zero-order valence-electron chi connectivity index (χ0n) is 4.69. The van der Waals surface area contributed by atoms with Gasteiger partial charge in [-0.15, -0.1) is 0 Å². The predicted octanol–water partition coefficient (Wildman–Crippen LogP) is 1.73. The van der Waals surface area contributed by atoms with Gasteiger partial charge in [0.1, 0.15) is 5.15 Å². The third-order valence-electron chi connectivity index (χ3n) is 0.991. The zero-order chi connectivity index (χ0) is 6.69. The van der Waals surface area contributed by atoms with Crippen LogP contribution in [0.4, 0.5) is 0 Å². The Balaban J connectivity index is 2.76. The summed E-state index contributed by atoms with van der Waals surface area (Å²) >= 11 is 5.53. The number of aromatic amines is 1. The van der Waals surface area contributed by atoms with Crippen molar-refractivity contribution >= 4 is 11.6 Å². The number of aromatic nitrogens is 1. The van der Waals surface area contributed by atoms with Gasteiger partial charge >= 0.3 is 0 Å². The van der Waals surface area contributed by atoms with Gasteiger partial charge in [0.15, 0.2) is 0 Å². The first-order valence-corrected chi connectivity index (χ1v) is 2.90. The number of hydrogen-bond acceptors (Lipinski definition) is 1. The molecule has 0 saturated carbocycles. The minimum atomic E-state index is 0.420. The molecule has 0 amide bonds. The summed E-state index contributed by atoms with van der Waals surface area (Å²) in [5.41, 5.74) is 0.933. The molecule has 1 aromatic rings. The van der Waals surface area contributed by atoms with Gasteiger partial charge in [-0.3, -0.25) is 0 Å². The molecule has 0 bridgehead atoms. The molecule has 46 valence electrons. The molecular weight excluding hydrogens is 136 g/mol. The maximum Gasteiger partial charge on any atom is 0.106 e. The van der Waals surface area contributed by atoms with Gasteiger partial charge < -0.3 is 4.98 Å². The summed E-state index contributed by atoms with van der Waals surface area (Å²) in [5, 5.41) is 8.81. The maximum absolute atomic E-state index is 8.22. The minimum Gasteiger partial charge on any atom is -0.352 e. The molecule has 0 aliphatic rings. The summed E-state index contributed by atoms with van der Waals surface area (Å²) in [6, 6.07) is 3.76. The lowest BCUT2D eigenvalue weighted by molar-refractivity contribution is 1.26. The topological polar surface area (TPSA) is 39.6 Å². The Labute approximate surface area is 58.1 Å². The van der Waals surface area contributed by atoms with Crippen LogP contribution in [0.25, 0.3) is 0 Å². The number of nitriles is 1. The van der Waals surface area contributed by atoms with E-state index >= 15 is 0 Å². The van der Waals surface area contributed by atoms with E-state index in [1.54, 1.807) is 12.3 Å². The van der Waals surface area contributed by atoms with Crippen LogP contribution in [0, 0.1) is 11.3 Å². The smallest absolute Gasteiger partial charge is 0.106 e. The molecule has 0 saturated heterocycles. The lowest BCUT2D eigenvalue weighted by Crippen LogP contribution is -1.71. The van der Waals surface area contributed by atoms with Crippen LogP contribution in [0.5, 0.6) is 0 Å². The molecule has 2 nitrogen and oxygen atoms in total. The highest BCUT2D eigenvalue weighted by molar-refractivity contribution is 6.29. The molecule has 0 spiro atoms. The second kappa shape index (κ2) is 2.56. The van der Waals surface area contributed by atoms with Crippen molar-refractivity contribution in [1.29, 1.82) is 5.26 Å². The molecule has 1 heterocycles. The Kier molecular flexibility index (Phi) is 1.76. The quantitative estimate of drug-likeness (QED) is 0.634. The Morgan fingerprint density at radius 1 is 1.78 bits per heavy atom. The van der Waals surface area contributed by atoms with Crippen molar-refractivity contribution in [2.45, 2.75) is 6.42 Å². The molecule has 9 heavy (non-hydrogen) atoms. The molecule has 3 heteroatoms. The van der Waals surface area contributed by atoms with Crippen molar-refractivity contribution in [2.24, 2.45) is 0 Å². The van der Waals surface area contributed by atoms with E-state index in [0.29, 0.717) is 11.6 Å². The molecule has 0 unspecified atom stereocenters. The van der Waals surface area contributed by atoms with Crippen LogP contribution >= 0.6 is 11.6 Å². The molecule has 1 N–H and O–H groups in total. The summed E-state index contributed by atoms with van der Waals surface area (Å²) < 4.78 is 0. The number of nitrogens with one attached hydrogen (secondary N) is 1. The highest BCUT2D eigenvalue weighted by Gasteiger charge is 1.92. The van der Waals surface area contributed by atoms with Crippen LogP contribution in [0.2, 0.25) is 5.15 Å². The molecule has 0 aliphatic carbocycles. The highest BCUT2D eigenvalue weighted by Crippen LogP contribution is 2.08. The second-order valence-electron chi connectivity index (χ2n) is 1.69. The van der Waals surface area contributed by atoms with Crippen LogP contribution in [0.1, 0.15) is 5.56 Å². The minimum absolute atomic E-state index is 0.420. The highest BCUT2D eigenvalue weighted by atomic mass is 35.5. The first-order valence-electron chi connectivity index (χ1n) is 2.52. The van der Waals surface area contributed by atoms with Crippen LogP contribution < -0.4 is 0 Å². The fraction of sp³-hybridized carbons (Fsp3) is 0.167. The van der Waals surface area contributed by atoms with Crippen molar-refractivity contribution in [1.82, 2.24) is 4.98 Å². The van der Waals surface area contributed by atoms with E-state index in [1.807, 2.05) is 6.07 Å². The van der Waals surface area contributed by atoms with Gasteiger partial charge in [0.05, 0.1) is 12.5 Å². The maximum atomic E-state index is 8.22. The first kappa shape index (κ1) is 6.18. The summed E-state index contributed by atoms with van der Waals surface area (Å²) in [6.45, 7) is 0. The molecule has 1 aromatic heterocycles. The Morgan fingerprint density at radius 2 is 2.56 bits per heavy atom. The van der Waals surface area contributed by atoms with Crippen molar-refractivity contribution in [3.63, 3.8) is 0 Å². The molecule has 0 fully saturated rings. The van der Waals surface area contributed by atoms with E-state index in [2.05, 4.69) is 4.98 Å². The summed E-state index contributed by atoms with van der Waals surface area (Å²) in [6.07, 6.45) is 2.15. The average Bonchev–Trinajstić information content (AvgIpc) is 2.17. The third kappa shape index (κ3) is 1.48. The Hall–Kier alpha value is -0.940. The second-order valence-corrected chi connectivity index (χ2v) is 2.10.